The van der Waals surface area contributed by atoms with Crippen LogP contribution in [0.5, 0.6) is 0 Å². The lowest BCUT2D eigenvalue weighted by molar-refractivity contribution is -0.129. The number of hydrogen-bond donors (Lipinski definition) is 0. The summed E-state index contributed by atoms with van der Waals surface area (Å²) in [5.41, 5.74) is 1.42. The summed E-state index contributed by atoms with van der Waals surface area (Å²) in [4.78, 5) is 13.9. The molecule has 0 bridgehead atoms. The van der Waals surface area contributed by atoms with Gasteiger partial charge in [0.1, 0.15) is 5.69 Å². The van der Waals surface area contributed by atoms with Gasteiger partial charge in [-0.2, -0.15) is 0 Å². The highest BCUT2D eigenvalue weighted by molar-refractivity contribution is 6.21. The van der Waals surface area contributed by atoms with Gasteiger partial charge in [0.25, 0.3) is 0 Å². The summed E-state index contributed by atoms with van der Waals surface area (Å²) < 4.78 is 5.19. The van der Waals surface area contributed by atoms with Crippen LogP contribution in [0.15, 0.2) is 28.8 Å². The third-order valence-electron chi connectivity index (χ3n) is 3.25. The van der Waals surface area contributed by atoms with Crippen molar-refractivity contribution in [3.05, 3.63) is 30.0 Å². The number of carbonyl (C=O) groups excluding carboxylic acids is 1. The molecular formula is C13H13ClN2O2. The maximum Gasteiger partial charge on any atom is 0.228 e. The van der Waals surface area contributed by atoms with Crippen LogP contribution in [-0.4, -0.2) is 34.4 Å². The minimum absolute atomic E-state index is 0.0669. The van der Waals surface area contributed by atoms with Crippen LogP contribution in [0.1, 0.15) is 12.1 Å². The average molecular weight is 265 g/mol. The van der Waals surface area contributed by atoms with Crippen molar-refractivity contribution < 1.29 is 9.32 Å². The maximum atomic E-state index is 12.1. The summed E-state index contributed by atoms with van der Waals surface area (Å²) in [6.45, 7) is 1.37. The van der Waals surface area contributed by atoms with Crippen molar-refractivity contribution in [2.75, 3.05) is 13.1 Å². The lowest BCUT2D eigenvalue weighted by Crippen LogP contribution is -2.30. The first-order valence-electron chi connectivity index (χ1n) is 5.99. The zero-order valence-corrected chi connectivity index (χ0v) is 10.6. The number of amides is 1. The zero-order valence-electron chi connectivity index (χ0n) is 9.80. The van der Waals surface area contributed by atoms with E-state index in [1.807, 2.05) is 24.3 Å². The molecule has 0 spiro atoms. The van der Waals surface area contributed by atoms with E-state index in [4.69, 9.17) is 16.1 Å². The van der Waals surface area contributed by atoms with Gasteiger partial charge in [-0.15, -0.1) is 11.6 Å². The second kappa shape index (κ2) is 4.61. The molecule has 0 radical (unpaired) electrons. The summed E-state index contributed by atoms with van der Waals surface area (Å²) in [6, 6.07) is 7.57. The van der Waals surface area contributed by atoms with E-state index in [0.717, 1.165) is 23.9 Å². The first-order valence-corrected chi connectivity index (χ1v) is 6.43. The van der Waals surface area contributed by atoms with E-state index in [9.17, 15) is 4.79 Å². The van der Waals surface area contributed by atoms with Crippen LogP contribution in [0.25, 0.3) is 11.0 Å². The summed E-state index contributed by atoms with van der Waals surface area (Å²) in [6.07, 6.45) is 1.15. The van der Waals surface area contributed by atoms with Crippen LogP contribution in [-0.2, 0) is 11.2 Å². The number of aromatic nitrogens is 1. The number of fused-ring (bicyclic) bond motifs is 1. The molecule has 2 heterocycles. The molecule has 1 unspecified atom stereocenters. The molecule has 4 nitrogen and oxygen atoms in total. The number of likely N-dealkylation sites (tertiary alicyclic amines) is 1. The number of alkyl halides is 1. The lowest BCUT2D eigenvalue weighted by atomic mass is 10.1. The fraction of sp³-hybridized carbons (Fsp3) is 0.385. The Morgan fingerprint density at radius 1 is 1.50 bits per heavy atom. The number of hydrogen-bond acceptors (Lipinski definition) is 3. The predicted molar refractivity (Wildman–Crippen MR) is 68.6 cm³/mol. The summed E-state index contributed by atoms with van der Waals surface area (Å²) in [7, 11) is 0. The highest BCUT2D eigenvalue weighted by Gasteiger charge is 2.25. The summed E-state index contributed by atoms with van der Waals surface area (Å²) in [5.74, 6) is 0.0669. The molecule has 1 aliphatic heterocycles. The molecular weight excluding hydrogens is 252 g/mol. The summed E-state index contributed by atoms with van der Waals surface area (Å²) >= 11 is 6.00. The third kappa shape index (κ3) is 2.08. The van der Waals surface area contributed by atoms with Gasteiger partial charge >= 0.3 is 0 Å². The standard InChI is InChI=1S/C13H13ClN2O2/c14-9-5-6-16(8-9)13(17)7-11-10-3-1-2-4-12(10)18-15-11/h1-4,9H,5-8H2. The van der Waals surface area contributed by atoms with Gasteiger partial charge in [0, 0.05) is 18.5 Å². The van der Waals surface area contributed by atoms with Crippen LogP contribution in [0.2, 0.25) is 0 Å². The number of carbonyl (C=O) groups is 1. The Bertz CT molecular complexity index is 581. The topological polar surface area (TPSA) is 46.3 Å². The van der Waals surface area contributed by atoms with Crippen molar-refractivity contribution in [2.45, 2.75) is 18.2 Å². The number of rotatable bonds is 2. The molecule has 3 rings (SSSR count). The van der Waals surface area contributed by atoms with Gasteiger partial charge in [-0.1, -0.05) is 17.3 Å². The van der Waals surface area contributed by atoms with Crippen LogP contribution < -0.4 is 0 Å². The van der Waals surface area contributed by atoms with Gasteiger partial charge in [-0.3, -0.25) is 4.79 Å². The highest BCUT2D eigenvalue weighted by Crippen LogP contribution is 2.20. The predicted octanol–water partition coefficient (Wildman–Crippen LogP) is 2.21. The number of nitrogens with zero attached hydrogens (tertiary/aromatic N) is 2. The molecule has 1 aromatic carbocycles. The van der Waals surface area contributed by atoms with E-state index in [-0.39, 0.29) is 17.7 Å². The molecule has 1 atom stereocenters. The Balaban J connectivity index is 1.78. The molecule has 5 heteroatoms. The van der Waals surface area contributed by atoms with E-state index >= 15 is 0 Å². The van der Waals surface area contributed by atoms with E-state index in [2.05, 4.69) is 5.16 Å². The monoisotopic (exact) mass is 264 g/mol. The average Bonchev–Trinajstić information content (AvgIpc) is 2.97. The van der Waals surface area contributed by atoms with Gasteiger partial charge in [0.2, 0.25) is 5.91 Å². The van der Waals surface area contributed by atoms with Crippen LogP contribution in [0.4, 0.5) is 0 Å². The second-order valence-corrected chi connectivity index (χ2v) is 5.15. The quantitative estimate of drug-likeness (QED) is 0.782. The van der Waals surface area contributed by atoms with Gasteiger partial charge in [0.05, 0.1) is 11.8 Å². The van der Waals surface area contributed by atoms with Crippen LogP contribution in [0, 0.1) is 0 Å². The Labute approximate surface area is 109 Å². The molecule has 0 aliphatic carbocycles. The first-order chi connectivity index (χ1) is 8.74. The van der Waals surface area contributed by atoms with Crippen molar-refractivity contribution in [2.24, 2.45) is 0 Å². The van der Waals surface area contributed by atoms with Gasteiger partial charge < -0.3 is 9.42 Å². The van der Waals surface area contributed by atoms with E-state index in [0.29, 0.717) is 12.2 Å². The third-order valence-corrected chi connectivity index (χ3v) is 3.61. The minimum Gasteiger partial charge on any atom is -0.356 e. The fourth-order valence-electron chi connectivity index (χ4n) is 2.26. The molecule has 1 aliphatic rings. The molecule has 1 saturated heterocycles. The van der Waals surface area contributed by atoms with Gasteiger partial charge in [-0.25, -0.2) is 0 Å². The van der Waals surface area contributed by atoms with Crippen molar-refractivity contribution >= 4 is 28.5 Å². The van der Waals surface area contributed by atoms with Crippen LogP contribution in [0.3, 0.4) is 0 Å². The summed E-state index contributed by atoms with van der Waals surface area (Å²) in [5, 5.41) is 4.97. The minimum atomic E-state index is 0.0669. The van der Waals surface area contributed by atoms with Crippen molar-refractivity contribution in [3.8, 4) is 0 Å². The largest absolute Gasteiger partial charge is 0.356 e. The highest BCUT2D eigenvalue weighted by atomic mass is 35.5. The Morgan fingerprint density at radius 3 is 3.11 bits per heavy atom. The van der Waals surface area contributed by atoms with E-state index in [1.54, 1.807) is 4.90 Å². The SMILES string of the molecule is O=C(Cc1noc2ccccc12)N1CCC(Cl)C1. The fourth-order valence-corrected chi connectivity index (χ4v) is 2.53. The second-order valence-electron chi connectivity index (χ2n) is 4.53. The first kappa shape index (κ1) is 11.5. The lowest BCUT2D eigenvalue weighted by Gasteiger charge is -2.14. The van der Waals surface area contributed by atoms with Crippen molar-refractivity contribution in [3.63, 3.8) is 0 Å². The zero-order chi connectivity index (χ0) is 12.5. The Morgan fingerprint density at radius 2 is 2.33 bits per heavy atom. The van der Waals surface area contributed by atoms with Gasteiger partial charge in [0.15, 0.2) is 5.58 Å². The smallest absolute Gasteiger partial charge is 0.228 e. The maximum absolute atomic E-state index is 12.1. The number of halogens is 1. The van der Waals surface area contributed by atoms with E-state index < -0.39 is 0 Å². The molecule has 2 aromatic rings. The molecule has 0 saturated carbocycles. The molecule has 1 amide bonds. The number of para-hydroxylation sites is 1. The number of benzene rings is 1. The van der Waals surface area contributed by atoms with Gasteiger partial charge in [-0.05, 0) is 18.6 Å². The molecule has 1 fully saturated rings. The molecule has 1 aromatic heterocycles. The molecule has 18 heavy (non-hydrogen) atoms. The van der Waals surface area contributed by atoms with Crippen molar-refractivity contribution in [1.82, 2.24) is 10.1 Å². The normalized spacial score (nSPS) is 19.6. The molecule has 0 N–H and O–H groups in total. The molecule has 94 valence electrons. The Kier molecular flexibility index (Phi) is 2.96. The van der Waals surface area contributed by atoms with E-state index in [1.165, 1.54) is 0 Å². The van der Waals surface area contributed by atoms with Crippen LogP contribution >= 0.6 is 11.6 Å². The Hall–Kier alpha value is -1.55. The van der Waals surface area contributed by atoms with Crippen molar-refractivity contribution in [1.29, 1.82) is 0 Å².